The van der Waals surface area contributed by atoms with Crippen molar-refractivity contribution in [2.75, 3.05) is 5.32 Å². The maximum absolute atomic E-state index is 12.9. The van der Waals surface area contributed by atoms with E-state index in [0.717, 1.165) is 11.8 Å². The highest BCUT2D eigenvalue weighted by Gasteiger charge is 2.31. The van der Waals surface area contributed by atoms with Crippen molar-refractivity contribution in [3.05, 3.63) is 81.4 Å². The number of amides is 1. The van der Waals surface area contributed by atoms with Crippen molar-refractivity contribution in [3.63, 3.8) is 0 Å². The molecule has 2 aromatic heterocycles. The van der Waals surface area contributed by atoms with Crippen molar-refractivity contribution in [1.29, 1.82) is 5.26 Å². The van der Waals surface area contributed by atoms with Gasteiger partial charge in [-0.2, -0.15) is 18.4 Å². The molecule has 0 saturated carbocycles. The smallest absolute Gasteiger partial charge is 0.309 e. The lowest BCUT2D eigenvalue weighted by Crippen LogP contribution is -2.28. The first kappa shape index (κ1) is 20.9. The number of alkyl halides is 3. The highest BCUT2D eigenvalue weighted by atomic mass is 19.4. The fourth-order valence-electron chi connectivity index (χ4n) is 3.11. The van der Waals surface area contributed by atoms with Gasteiger partial charge in [-0.15, -0.1) is 0 Å². The SMILES string of the molecule is Cc1c(C#N)c(NC(=O)Cn2cc(C(F)(F)F)ccc2=O)n(-c2ccccc2)c1C. The van der Waals surface area contributed by atoms with Gasteiger partial charge in [0, 0.05) is 23.6 Å². The molecule has 154 valence electrons. The van der Waals surface area contributed by atoms with Gasteiger partial charge < -0.3 is 9.88 Å². The van der Waals surface area contributed by atoms with E-state index in [1.807, 2.05) is 6.07 Å². The van der Waals surface area contributed by atoms with Gasteiger partial charge >= 0.3 is 6.18 Å². The summed E-state index contributed by atoms with van der Waals surface area (Å²) >= 11 is 0. The van der Waals surface area contributed by atoms with Crippen LogP contribution in [0.15, 0.2) is 53.5 Å². The number of rotatable bonds is 4. The fourth-order valence-corrected chi connectivity index (χ4v) is 3.11. The number of anilines is 1. The lowest BCUT2D eigenvalue weighted by atomic mass is 10.2. The van der Waals surface area contributed by atoms with Gasteiger partial charge in [0.15, 0.2) is 0 Å². The Labute approximate surface area is 169 Å². The van der Waals surface area contributed by atoms with E-state index in [2.05, 4.69) is 11.4 Å². The van der Waals surface area contributed by atoms with Gasteiger partial charge in [0.2, 0.25) is 5.91 Å². The van der Waals surface area contributed by atoms with Crippen LogP contribution < -0.4 is 10.9 Å². The second kappa shape index (κ2) is 7.91. The molecule has 0 fully saturated rings. The molecule has 0 atom stereocenters. The Hall–Kier alpha value is -3.80. The molecule has 1 N–H and O–H groups in total. The molecule has 9 heteroatoms. The molecular formula is C21H17F3N4O2. The minimum Gasteiger partial charge on any atom is -0.309 e. The minimum atomic E-state index is -4.64. The van der Waals surface area contributed by atoms with Crippen molar-refractivity contribution in [3.8, 4) is 11.8 Å². The van der Waals surface area contributed by atoms with Crippen LogP contribution in [0, 0.1) is 25.2 Å². The molecule has 0 bridgehead atoms. The summed E-state index contributed by atoms with van der Waals surface area (Å²) in [6.07, 6.45) is -4.05. The van der Waals surface area contributed by atoms with Crippen LogP contribution in [0.2, 0.25) is 0 Å². The third kappa shape index (κ3) is 3.98. The van der Waals surface area contributed by atoms with Crippen LogP contribution in [-0.2, 0) is 17.5 Å². The molecule has 0 radical (unpaired) electrons. The first-order chi connectivity index (χ1) is 14.1. The second-order valence-corrected chi connectivity index (χ2v) is 6.65. The summed E-state index contributed by atoms with van der Waals surface area (Å²) in [6, 6.07) is 12.5. The summed E-state index contributed by atoms with van der Waals surface area (Å²) in [7, 11) is 0. The lowest BCUT2D eigenvalue weighted by Gasteiger charge is -2.14. The van der Waals surface area contributed by atoms with Crippen molar-refractivity contribution in [2.24, 2.45) is 0 Å². The van der Waals surface area contributed by atoms with Crippen LogP contribution in [0.1, 0.15) is 22.4 Å². The number of carbonyl (C=O) groups is 1. The molecule has 0 aliphatic rings. The van der Waals surface area contributed by atoms with E-state index in [1.54, 1.807) is 42.7 Å². The Morgan fingerprint density at radius 1 is 1.13 bits per heavy atom. The summed E-state index contributed by atoms with van der Waals surface area (Å²) in [5, 5.41) is 12.1. The van der Waals surface area contributed by atoms with Crippen molar-refractivity contribution in [2.45, 2.75) is 26.6 Å². The van der Waals surface area contributed by atoms with E-state index < -0.39 is 29.8 Å². The van der Waals surface area contributed by atoms with Crippen LogP contribution in [0.4, 0.5) is 19.0 Å². The zero-order valence-corrected chi connectivity index (χ0v) is 16.1. The maximum Gasteiger partial charge on any atom is 0.417 e. The molecule has 30 heavy (non-hydrogen) atoms. The summed E-state index contributed by atoms with van der Waals surface area (Å²) in [4.78, 5) is 24.5. The highest BCUT2D eigenvalue weighted by molar-refractivity contribution is 5.92. The van der Waals surface area contributed by atoms with Gasteiger partial charge in [-0.05, 0) is 37.6 Å². The normalized spacial score (nSPS) is 11.2. The molecule has 0 spiro atoms. The van der Waals surface area contributed by atoms with E-state index in [9.17, 15) is 28.0 Å². The van der Waals surface area contributed by atoms with E-state index >= 15 is 0 Å². The Morgan fingerprint density at radius 2 is 1.80 bits per heavy atom. The van der Waals surface area contributed by atoms with Gasteiger partial charge in [0.25, 0.3) is 5.56 Å². The first-order valence-electron chi connectivity index (χ1n) is 8.88. The number of nitriles is 1. The number of carbonyl (C=O) groups excluding carboxylic acids is 1. The average Bonchev–Trinajstić information content (AvgIpc) is 2.92. The number of hydrogen-bond donors (Lipinski definition) is 1. The van der Waals surface area contributed by atoms with Crippen molar-refractivity contribution in [1.82, 2.24) is 9.13 Å². The predicted molar refractivity (Wildman–Crippen MR) is 104 cm³/mol. The van der Waals surface area contributed by atoms with E-state index in [4.69, 9.17) is 0 Å². The minimum absolute atomic E-state index is 0.198. The topological polar surface area (TPSA) is 79.8 Å². The van der Waals surface area contributed by atoms with Crippen LogP contribution in [-0.4, -0.2) is 15.0 Å². The molecule has 1 aromatic carbocycles. The average molecular weight is 414 g/mol. The highest BCUT2D eigenvalue weighted by Crippen LogP contribution is 2.30. The molecule has 6 nitrogen and oxygen atoms in total. The Bertz CT molecular complexity index is 1200. The van der Waals surface area contributed by atoms with Crippen LogP contribution in [0.3, 0.4) is 0 Å². The van der Waals surface area contributed by atoms with Gasteiger partial charge in [0.05, 0.1) is 11.1 Å². The third-order valence-electron chi connectivity index (χ3n) is 4.72. The predicted octanol–water partition coefficient (Wildman–Crippen LogP) is 3.79. The molecular weight excluding hydrogens is 397 g/mol. The number of nitrogens with one attached hydrogen (secondary N) is 1. The quantitative estimate of drug-likeness (QED) is 0.706. The second-order valence-electron chi connectivity index (χ2n) is 6.65. The molecule has 0 aliphatic heterocycles. The summed E-state index contributed by atoms with van der Waals surface area (Å²) in [6.45, 7) is 2.89. The third-order valence-corrected chi connectivity index (χ3v) is 4.72. The Morgan fingerprint density at radius 3 is 2.40 bits per heavy atom. The largest absolute Gasteiger partial charge is 0.417 e. The molecule has 1 amide bonds. The Kier molecular flexibility index (Phi) is 5.52. The molecule has 0 unspecified atom stereocenters. The van der Waals surface area contributed by atoms with Crippen LogP contribution in [0.25, 0.3) is 5.69 Å². The lowest BCUT2D eigenvalue weighted by molar-refractivity contribution is -0.138. The van der Waals surface area contributed by atoms with E-state index in [1.165, 1.54) is 0 Å². The fraction of sp³-hybridized carbons (Fsp3) is 0.190. The van der Waals surface area contributed by atoms with Gasteiger partial charge in [-0.1, -0.05) is 18.2 Å². The van der Waals surface area contributed by atoms with Gasteiger partial charge in [0.1, 0.15) is 18.4 Å². The number of aromatic nitrogens is 2. The van der Waals surface area contributed by atoms with E-state index in [0.29, 0.717) is 28.1 Å². The number of para-hydroxylation sites is 1. The summed E-state index contributed by atoms with van der Waals surface area (Å²) in [5.41, 5.74) is 0.542. The van der Waals surface area contributed by atoms with Gasteiger partial charge in [-0.3, -0.25) is 14.2 Å². The molecule has 0 aliphatic carbocycles. The van der Waals surface area contributed by atoms with Crippen LogP contribution >= 0.6 is 0 Å². The zero-order valence-electron chi connectivity index (χ0n) is 16.1. The van der Waals surface area contributed by atoms with Crippen molar-refractivity contribution < 1.29 is 18.0 Å². The van der Waals surface area contributed by atoms with Crippen LogP contribution in [0.5, 0.6) is 0 Å². The summed E-state index contributed by atoms with van der Waals surface area (Å²) in [5.74, 6) is -0.536. The summed E-state index contributed by atoms with van der Waals surface area (Å²) < 4.78 is 41.1. The number of halogens is 3. The molecule has 2 heterocycles. The standard InChI is InChI=1S/C21H17F3N4O2/c1-13-14(2)28(16-6-4-3-5-7-16)20(17(13)10-25)26-18(29)12-27-11-15(21(22,23)24)8-9-19(27)30/h3-9,11H,12H2,1-2H3,(H,26,29). The monoisotopic (exact) mass is 414 g/mol. The molecule has 0 saturated heterocycles. The molecule has 3 rings (SSSR count). The van der Waals surface area contributed by atoms with E-state index in [-0.39, 0.29) is 11.4 Å². The zero-order chi connectivity index (χ0) is 22.1. The first-order valence-corrected chi connectivity index (χ1v) is 8.88. The van der Waals surface area contributed by atoms with Crippen molar-refractivity contribution >= 4 is 11.7 Å². The molecule has 3 aromatic rings. The number of hydrogen-bond acceptors (Lipinski definition) is 3. The number of pyridine rings is 1. The van der Waals surface area contributed by atoms with Gasteiger partial charge in [-0.25, -0.2) is 0 Å². The Balaban J connectivity index is 1.98. The number of nitrogens with zero attached hydrogens (tertiary/aromatic N) is 3. The number of benzene rings is 1. The maximum atomic E-state index is 12.9.